The molecule has 23 heavy (non-hydrogen) atoms. The third kappa shape index (κ3) is 2.52. The van der Waals surface area contributed by atoms with E-state index in [4.69, 9.17) is 4.42 Å². The summed E-state index contributed by atoms with van der Waals surface area (Å²) in [6, 6.07) is 17.9. The normalized spacial score (nSPS) is 15.1. The molecule has 0 saturated carbocycles. The molecule has 0 radical (unpaired) electrons. The minimum Gasteiger partial charge on any atom is -0.460 e. The van der Waals surface area contributed by atoms with Crippen LogP contribution in [0.5, 0.6) is 0 Å². The molecule has 0 fully saturated rings. The molecular weight excluding hydrogens is 286 g/mol. The number of hydrogen-bond acceptors (Lipinski definition) is 4. The van der Waals surface area contributed by atoms with Crippen LogP contribution in [0.4, 0.5) is 0 Å². The molecule has 4 heteroatoms. The molecule has 0 aliphatic carbocycles. The van der Waals surface area contributed by atoms with Crippen molar-refractivity contribution in [1.82, 2.24) is 5.32 Å². The molecule has 1 aliphatic rings. The van der Waals surface area contributed by atoms with Crippen LogP contribution in [0.15, 0.2) is 69.4 Å². The number of hydrogen-bond donors (Lipinski definition) is 1. The van der Waals surface area contributed by atoms with Crippen molar-refractivity contribution in [2.45, 2.75) is 19.8 Å². The van der Waals surface area contributed by atoms with Gasteiger partial charge in [-0.2, -0.15) is 10.5 Å². The average Bonchev–Trinajstić information content (AvgIpc) is 3.04. The molecule has 1 aliphatic heterocycles. The maximum atomic E-state index is 9.50. The minimum atomic E-state index is -0.455. The van der Waals surface area contributed by atoms with Gasteiger partial charge in [0.05, 0.1) is 29.2 Å². The van der Waals surface area contributed by atoms with Crippen molar-refractivity contribution < 1.29 is 4.42 Å². The first-order valence-corrected chi connectivity index (χ1v) is 7.29. The van der Waals surface area contributed by atoms with Gasteiger partial charge in [-0.05, 0) is 26.0 Å². The lowest BCUT2D eigenvalue weighted by atomic mass is 9.85. The van der Waals surface area contributed by atoms with Crippen molar-refractivity contribution in [3.63, 3.8) is 0 Å². The van der Waals surface area contributed by atoms with Crippen molar-refractivity contribution in [3.8, 4) is 23.5 Å². The number of rotatable bonds is 2. The molecule has 0 unspecified atom stereocenters. The van der Waals surface area contributed by atoms with E-state index in [1.807, 2.05) is 56.3 Å². The smallest absolute Gasteiger partial charge is 0.134 e. The Morgan fingerprint density at radius 3 is 2.09 bits per heavy atom. The van der Waals surface area contributed by atoms with Crippen LogP contribution in [0.3, 0.4) is 0 Å². The van der Waals surface area contributed by atoms with E-state index in [-0.39, 0.29) is 0 Å². The first-order chi connectivity index (χ1) is 11.2. The fourth-order valence-electron chi connectivity index (χ4n) is 2.84. The molecule has 1 N–H and O–H groups in total. The molecule has 2 heterocycles. The summed E-state index contributed by atoms with van der Waals surface area (Å²) in [4.78, 5) is 0. The van der Waals surface area contributed by atoms with Gasteiger partial charge < -0.3 is 9.73 Å². The third-order valence-electron chi connectivity index (χ3n) is 3.97. The van der Waals surface area contributed by atoms with E-state index in [2.05, 4.69) is 17.5 Å². The Balaban J connectivity index is 2.09. The van der Waals surface area contributed by atoms with Crippen molar-refractivity contribution in [2.24, 2.45) is 0 Å². The van der Waals surface area contributed by atoms with Crippen LogP contribution in [-0.2, 0) is 0 Å². The summed E-state index contributed by atoms with van der Waals surface area (Å²) < 4.78 is 5.97. The van der Waals surface area contributed by atoms with E-state index < -0.39 is 5.92 Å². The van der Waals surface area contributed by atoms with Gasteiger partial charge in [-0.1, -0.05) is 30.3 Å². The highest BCUT2D eigenvalue weighted by Gasteiger charge is 2.31. The maximum absolute atomic E-state index is 9.50. The number of allylic oxidation sites excluding steroid dienone is 4. The summed E-state index contributed by atoms with van der Waals surface area (Å²) in [7, 11) is 0. The van der Waals surface area contributed by atoms with Crippen LogP contribution in [0, 0.1) is 22.7 Å². The second-order valence-electron chi connectivity index (χ2n) is 5.43. The summed E-state index contributed by atoms with van der Waals surface area (Å²) in [5, 5.41) is 22.1. The molecule has 4 nitrogen and oxygen atoms in total. The van der Waals surface area contributed by atoms with Crippen LogP contribution < -0.4 is 5.32 Å². The fourth-order valence-corrected chi connectivity index (χ4v) is 2.84. The van der Waals surface area contributed by atoms with Crippen molar-refractivity contribution in [2.75, 3.05) is 0 Å². The molecule has 2 aromatic rings. The zero-order valence-electron chi connectivity index (χ0n) is 12.9. The van der Waals surface area contributed by atoms with Crippen LogP contribution in [0.2, 0.25) is 0 Å². The van der Waals surface area contributed by atoms with Gasteiger partial charge in [0.15, 0.2) is 0 Å². The Kier molecular flexibility index (Phi) is 3.75. The third-order valence-corrected chi connectivity index (χ3v) is 3.97. The van der Waals surface area contributed by atoms with Gasteiger partial charge in [0.1, 0.15) is 11.5 Å². The van der Waals surface area contributed by atoms with E-state index in [1.165, 1.54) is 0 Å². The largest absolute Gasteiger partial charge is 0.460 e. The molecule has 112 valence electrons. The molecular formula is C19H15N3O. The van der Waals surface area contributed by atoms with Crippen molar-refractivity contribution >= 4 is 0 Å². The van der Waals surface area contributed by atoms with Gasteiger partial charge in [0.2, 0.25) is 0 Å². The van der Waals surface area contributed by atoms with Gasteiger partial charge in [-0.15, -0.1) is 0 Å². The molecule has 0 bridgehead atoms. The number of furan rings is 1. The topological polar surface area (TPSA) is 72.8 Å². The molecule has 1 aromatic carbocycles. The van der Waals surface area contributed by atoms with Gasteiger partial charge in [-0.25, -0.2) is 0 Å². The molecule has 1 aromatic heterocycles. The van der Waals surface area contributed by atoms with Crippen LogP contribution in [-0.4, -0.2) is 0 Å². The number of benzene rings is 1. The van der Waals surface area contributed by atoms with E-state index in [0.717, 1.165) is 22.7 Å². The van der Waals surface area contributed by atoms with E-state index in [1.54, 1.807) is 0 Å². The predicted molar refractivity (Wildman–Crippen MR) is 86.6 cm³/mol. The van der Waals surface area contributed by atoms with Gasteiger partial charge >= 0.3 is 0 Å². The van der Waals surface area contributed by atoms with Gasteiger partial charge in [0.25, 0.3) is 0 Å². The Hall–Kier alpha value is -3.24. The minimum absolute atomic E-state index is 0.455. The fraction of sp³-hybridized carbons (Fsp3) is 0.158. The lowest BCUT2D eigenvalue weighted by molar-refractivity contribution is 0.511. The number of nitrogens with one attached hydrogen (secondary N) is 1. The SMILES string of the molecule is CC1=C(C#N)C(c2ccc(-c3ccccc3)o2)C(C#N)=C(C)N1. The molecule has 0 amide bonds. The van der Waals surface area contributed by atoms with E-state index >= 15 is 0 Å². The summed E-state index contributed by atoms with van der Waals surface area (Å²) in [5.41, 5.74) is 3.51. The summed E-state index contributed by atoms with van der Waals surface area (Å²) >= 11 is 0. The van der Waals surface area contributed by atoms with E-state index in [0.29, 0.717) is 16.9 Å². The predicted octanol–water partition coefficient (Wildman–Crippen LogP) is 4.23. The molecule has 3 rings (SSSR count). The Morgan fingerprint density at radius 2 is 1.52 bits per heavy atom. The number of dihydropyridines is 1. The highest BCUT2D eigenvalue weighted by molar-refractivity contribution is 5.59. The summed E-state index contributed by atoms with van der Waals surface area (Å²) in [6.45, 7) is 3.68. The van der Waals surface area contributed by atoms with E-state index in [9.17, 15) is 10.5 Å². The molecule has 0 spiro atoms. The summed E-state index contributed by atoms with van der Waals surface area (Å²) in [5.74, 6) is 0.880. The maximum Gasteiger partial charge on any atom is 0.134 e. The zero-order valence-corrected chi connectivity index (χ0v) is 12.9. The monoisotopic (exact) mass is 301 g/mol. The van der Waals surface area contributed by atoms with Crippen LogP contribution in [0.25, 0.3) is 11.3 Å². The van der Waals surface area contributed by atoms with Crippen molar-refractivity contribution in [3.05, 3.63) is 70.8 Å². The first kappa shape index (κ1) is 14.7. The van der Waals surface area contributed by atoms with Crippen LogP contribution >= 0.6 is 0 Å². The quantitative estimate of drug-likeness (QED) is 0.901. The highest BCUT2D eigenvalue weighted by atomic mass is 16.3. The van der Waals surface area contributed by atoms with Gasteiger partial charge in [-0.3, -0.25) is 0 Å². The lowest BCUT2D eigenvalue weighted by Crippen LogP contribution is -2.23. The zero-order chi connectivity index (χ0) is 16.4. The Morgan fingerprint density at radius 1 is 0.913 bits per heavy atom. The molecule has 0 atom stereocenters. The average molecular weight is 301 g/mol. The standard InChI is InChI=1S/C19H15N3O/c1-12-15(10-20)19(16(11-21)13(2)22-12)18-9-8-17(23-18)14-6-4-3-5-7-14/h3-9,19,22H,1-2H3. The number of nitrogens with zero attached hydrogens (tertiary/aromatic N) is 2. The Labute approximate surface area is 135 Å². The molecule has 0 saturated heterocycles. The highest BCUT2D eigenvalue weighted by Crippen LogP contribution is 2.39. The number of nitriles is 2. The summed E-state index contributed by atoms with van der Waals surface area (Å²) in [6.07, 6.45) is 0. The first-order valence-electron chi connectivity index (χ1n) is 7.29. The van der Waals surface area contributed by atoms with Gasteiger partial charge in [0, 0.05) is 17.0 Å². The Bertz CT molecular complexity index is 853. The van der Waals surface area contributed by atoms with Crippen LogP contribution in [0.1, 0.15) is 25.5 Å². The van der Waals surface area contributed by atoms with Crippen molar-refractivity contribution in [1.29, 1.82) is 10.5 Å². The second-order valence-corrected chi connectivity index (χ2v) is 5.43. The lowest BCUT2D eigenvalue weighted by Gasteiger charge is -2.24. The second kappa shape index (κ2) is 5.87.